The molecule has 9 aromatic carbocycles. The average Bonchev–Trinajstić information content (AvgIpc) is 1.54. The molecule has 0 aliphatic heterocycles. The van der Waals surface area contributed by atoms with Crippen molar-refractivity contribution >= 4 is 87.2 Å². The summed E-state index contributed by atoms with van der Waals surface area (Å²) < 4.78 is 10.1. The number of fused-ring (bicyclic) bond motifs is 12. The van der Waals surface area contributed by atoms with Crippen LogP contribution in [0.3, 0.4) is 0 Å². The molecule has 0 N–H and O–H groups in total. The molecule has 13 aromatic rings. The van der Waals surface area contributed by atoms with Gasteiger partial charge in [0, 0.05) is 48.8 Å². The van der Waals surface area contributed by atoms with Crippen molar-refractivity contribution in [2.45, 2.75) is 157 Å². The quantitative estimate of drug-likeness (QED) is 0.173. The number of hydrogen-bond acceptors (Lipinski definition) is 1. The van der Waals surface area contributed by atoms with E-state index in [4.69, 9.17) is 0 Å². The third-order valence-electron chi connectivity index (χ3n) is 18.3. The molecular weight excluding hydrogens is 1020 g/mol. The summed E-state index contributed by atoms with van der Waals surface area (Å²) in [5.74, 6) is 0. The Morgan fingerprint density at radius 3 is 0.857 bits per heavy atom. The molecule has 4 aromatic heterocycles. The fourth-order valence-corrected chi connectivity index (χ4v) is 13.4. The van der Waals surface area contributed by atoms with Crippen LogP contribution in [-0.4, -0.2) is 18.3 Å². The van der Waals surface area contributed by atoms with E-state index in [0.717, 1.165) is 77.7 Å². The van der Waals surface area contributed by atoms with Crippen molar-refractivity contribution in [3.8, 4) is 28.8 Å². The first kappa shape index (κ1) is 54.9. The molecular formula is C79H81N5. The molecule has 0 bridgehead atoms. The molecule has 4 heterocycles. The van der Waals surface area contributed by atoms with Crippen molar-refractivity contribution in [2.75, 3.05) is 0 Å². The van der Waals surface area contributed by atoms with Gasteiger partial charge in [0.05, 0.1) is 66.8 Å². The Morgan fingerprint density at radius 2 is 0.548 bits per heavy atom. The second-order valence-electron chi connectivity index (χ2n) is 30.3. The largest absolute Gasteiger partial charge is 0.307 e. The zero-order valence-corrected chi connectivity index (χ0v) is 52.8. The summed E-state index contributed by atoms with van der Waals surface area (Å²) in [6.07, 6.45) is 0. The Kier molecular flexibility index (Phi) is 12.0. The van der Waals surface area contributed by atoms with Crippen LogP contribution in [0.25, 0.3) is 110 Å². The fraction of sp³-hybridized carbons (Fsp3) is 0.304. The Hall–Kier alpha value is -8.33. The first-order valence-corrected chi connectivity index (χ1v) is 30.3. The van der Waals surface area contributed by atoms with Crippen LogP contribution < -0.4 is 0 Å². The lowest BCUT2D eigenvalue weighted by molar-refractivity contribution is 0.590. The van der Waals surface area contributed by atoms with Crippen molar-refractivity contribution in [1.82, 2.24) is 18.3 Å². The minimum atomic E-state index is -0.119. The molecule has 0 fully saturated rings. The summed E-state index contributed by atoms with van der Waals surface area (Å²) >= 11 is 0. The monoisotopic (exact) mass is 1100 g/mol. The molecule has 0 saturated carbocycles. The number of para-hydroxylation sites is 2. The van der Waals surface area contributed by atoms with Gasteiger partial charge in [-0.1, -0.05) is 197 Å². The van der Waals surface area contributed by atoms with Crippen LogP contribution in [0.2, 0.25) is 0 Å². The molecule has 0 saturated heterocycles. The molecule has 84 heavy (non-hydrogen) atoms. The van der Waals surface area contributed by atoms with Gasteiger partial charge in [0.15, 0.2) is 0 Å². The molecule has 0 amide bonds. The summed E-state index contributed by atoms with van der Waals surface area (Å²) in [7, 11) is 0. The van der Waals surface area contributed by atoms with Crippen LogP contribution >= 0.6 is 0 Å². The Bertz CT molecular complexity index is 4720. The Labute approximate surface area is 496 Å². The maximum Gasteiger partial charge on any atom is 0.102 e. The normalized spacial score (nSPS) is 13.3. The maximum absolute atomic E-state index is 12.8. The fourth-order valence-electron chi connectivity index (χ4n) is 13.4. The highest BCUT2D eigenvalue weighted by Crippen LogP contribution is 2.52. The third-order valence-corrected chi connectivity index (χ3v) is 18.3. The highest BCUT2D eigenvalue weighted by atomic mass is 15.1. The highest BCUT2D eigenvalue weighted by Gasteiger charge is 2.35. The lowest BCUT2D eigenvalue weighted by atomic mass is 9.85. The average molecular weight is 1100 g/mol. The van der Waals surface area contributed by atoms with E-state index in [1.54, 1.807) is 0 Å². The second-order valence-corrected chi connectivity index (χ2v) is 30.3. The van der Waals surface area contributed by atoms with Crippen molar-refractivity contribution in [1.29, 1.82) is 5.26 Å². The smallest absolute Gasteiger partial charge is 0.102 e. The van der Waals surface area contributed by atoms with Gasteiger partial charge in [-0.2, -0.15) is 5.26 Å². The molecule has 0 unspecified atom stereocenters. The van der Waals surface area contributed by atoms with Crippen LogP contribution in [-0.2, 0) is 32.5 Å². The number of rotatable bonds is 4. The summed E-state index contributed by atoms with van der Waals surface area (Å²) in [5.41, 5.74) is 19.8. The second kappa shape index (κ2) is 18.3. The maximum atomic E-state index is 12.8. The number of benzene rings is 9. The van der Waals surface area contributed by atoms with E-state index >= 15 is 0 Å². The van der Waals surface area contributed by atoms with Gasteiger partial charge in [-0.15, -0.1) is 0 Å². The van der Waals surface area contributed by atoms with E-state index in [-0.39, 0.29) is 32.5 Å². The molecule has 0 radical (unpaired) electrons. The summed E-state index contributed by atoms with van der Waals surface area (Å²) in [5, 5.41) is 21.8. The van der Waals surface area contributed by atoms with Crippen LogP contribution in [0.4, 0.5) is 0 Å². The Balaban J connectivity index is 1.40. The predicted molar refractivity (Wildman–Crippen MR) is 361 cm³/mol. The number of nitriles is 1. The number of hydrogen-bond donors (Lipinski definition) is 0. The zero-order valence-electron chi connectivity index (χ0n) is 52.8. The summed E-state index contributed by atoms with van der Waals surface area (Å²) in [6, 6.07) is 65.6. The minimum absolute atomic E-state index is 0.110. The van der Waals surface area contributed by atoms with Crippen molar-refractivity contribution in [2.24, 2.45) is 0 Å². The van der Waals surface area contributed by atoms with Gasteiger partial charge in [-0.3, -0.25) is 0 Å². The minimum Gasteiger partial charge on any atom is -0.307 e. The van der Waals surface area contributed by atoms with E-state index in [1.807, 2.05) is 0 Å². The predicted octanol–water partition coefficient (Wildman–Crippen LogP) is 21.7. The topological polar surface area (TPSA) is 43.5 Å². The van der Waals surface area contributed by atoms with Crippen LogP contribution in [0.5, 0.6) is 0 Å². The van der Waals surface area contributed by atoms with Crippen molar-refractivity contribution in [3.05, 3.63) is 203 Å². The Morgan fingerprint density at radius 1 is 0.274 bits per heavy atom. The first-order chi connectivity index (χ1) is 39.4. The molecule has 0 spiro atoms. The lowest BCUT2D eigenvalue weighted by Gasteiger charge is -2.26. The van der Waals surface area contributed by atoms with Crippen LogP contribution in [0, 0.1) is 11.3 Å². The van der Waals surface area contributed by atoms with E-state index in [9.17, 15) is 5.26 Å². The van der Waals surface area contributed by atoms with E-state index < -0.39 is 0 Å². The summed E-state index contributed by atoms with van der Waals surface area (Å²) in [6.45, 7) is 41.7. The van der Waals surface area contributed by atoms with Gasteiger partial charge >= 0.3 is 0 Å². The number of nitrogens with zero attached hydrogens (tertiary/aromatic N) is 5. The summed E-state index contributed by atoms with van der Waals surface area (Å²) in [4.78, 5) is 0. The van der Waals surface area contributed by atoms with Crippen LogP contribution in [0.15, 0.2) is 164 Å². The number of aromatic nitrogens is 4. The van der Waals surface area contributed by atoms with Gasteiger partial charge in [0.2, 0.25) is 0 Å². The van der Waals surface area contributed by atoms with Gasteiger partial charge < -0.3 is 18.3 Å². The molecule has 5 nitrogen and oxygen atoms in total. The molecule has 13 rings (SSSR count). The van der Waals surface area contributed by atoms with E-state index in [2.05, 4.69) is 313 Å². The standard InChI is InChI=1S/C79H81N5/c1-74(2,3)47-28-34-63-55(40-47)56-41-48(75(4,5)6)29-35-64(56)82(63)70-61(46-80)69-54-26-22-23-27-62(54)81(53-24-20-19-21-25-53)71(69)73(84-67-38-32-51(78(13,14)15)44-59(67)60-45-52(79(16,17)18)33-39-68(60)84)72(70)83-65-36-30-49(76(7,8)9)42-57(65)58-43-50(77(10,11)12)31-37-66(58)83/h19-45H,1-18H3. The molecule has 0 atom stereocenters. The lowest BCUT2D eigenvalue weighted by Crippen LogP contribution is -2.14. The molecule has 5 heteroatoms. The van der Waals surface area contributed by atoms with Gasteiger partial charge in [-0.05, 0) is 157 Å². The van der Waals surface area contributed by atoms with Gasteiger partial charge in [0.25, 0.3) is 0 Å². The van der Waals surface area contributed by atoms with Crippen LogP contribution in [0.1, 0.15) is 164 Å². The molecule has 0 aliphatic rings. The van der Waals surface area contributed by atoms with Gasteiger partial charge in [-0.25, -0.2) is 0 Å². The molecule has 0 aliphatic carbocycles. The molecule has 422 valence electrons. The SMILES string of the molecule is CC(C)(C)c1ccc2c(c1)c1cc(C(C)(C)C)ccc1n2-c1c(-n2c3ccc(C(C)(C)C)cc3c3cc(C(C)(C)C)ccc32)c(-n2c3ccc(C(C)(C)C)cc3c3cc(C(C)(C)C)ccc32)c2c(c1C#N)c1ccccc1n2-c1ccccc1. The highest BCUT2D eigenvalue weighted by molar-refractivity contribution is 6.22. The van der Waals surface area contributed by atoms with Crippen molar-refractivity contribution in [3.63, 3.8) is 0 Å². The first-order valence-electron chi connectivity index (χ1n) is 30.3. The van der Waals surface area contributed by atoms with E-state index in [0.29, 0.717) is 5.56 Å². The van der Waals surface area contributed by atoms with Gasteiger partial charge in [0.1, 0.15) is 6.07 Å². The van der Waals surface area contributed by atoms with E-state index in [1.165, 1.54) is 65.7 Å². The zero-order chi connectivity index (χ0) is 59.7. The van der Waals surface area contributed by atoms with Crippen molar-refractivity contribution < 1.29 is 0 Å². The third kappa shape index (κ3) is 8.44.